The van der Waals surface area contributed by atoms with Crippen LogP contribution < -0.4 is 5.43 Å². The van der Waals surface area contributed by atoms with Gasteiger partial charge < -0.3 is 14.2 Å². The van der Waals surface area contributed by atoms with Crippen molar-refractivity contribution in [1.29, 1.82) is 0 Å². The van der Waals surface area contributed by atoms with E-state index in [9.17, 15) is 18.8 Å². The summed E-state index contributed by atoms with van der Waals surface area (Å²) in [4.78, 5) is 43.5. The number of para-hydroxylation sites is 1. The van der Waals surface area contributed by atoms with Crippen LogP contribution in [-0.2, 0) is 24.3 Å². The van der Waals surface area contributed by atoms with Crippen LogP contribution in [0.3, 0.4) is 0 Å². The van der Waals surface area contributed by atoms with Gasteiger partial charge in [-0.15, -0.1) is 0 Å². The third kappa shape index (κ3) is 7.91. The maximum Gasteiger partial charge on any atom is 0.254 e. The first-order chi connectivity index (χ1) is 19.9. The second-order valence-corrected chi connectivity index (χ2v) is 10.3. The second kappa shape index (κ2) is 14.4. The molecule has 3 aromatic carbocycles. The normalized spacial score (nSPS) is 11.0. The van der Waals surface area contributed by atoms with Gasteiger partial charge in [-0.25, -0.2) is 4.39 Å². The molecule has 0 unspecified atom stereocenters. The van der Waals surface area contributed by atoms with Crippen molar-refractivity contribution in [3.05, 3.63) is 117 Å². The van der Waals surface area contributed by atoms with Gasteiger partial charge in [0.1, 0.15) is 17.9 Å². The molecule has 1 aromatic heterocycles. The van der Waals surface area contributed by atoms with Crippen LogP contribution in [0.5, 0.6) is 0 Å². The fraction of sp³-hybridized carbons (Fsp3) is 0.324. The number of nitrogens with zero attached hydrogens (tertiary/aromatic N) is 2. The Hall–Kier alpha value is -4.26. The summed E-state index contributed by atoms with van der Waals surface area (Å²) < 4.78 is 19.2. The quantitative estimate of drug-likeness (QED) is 0.171. The predicted octanol–water partition coefficient (Wildman–Crippen LogP) is 6.75. The van der Waals surface area contributed by atoms with Gasteiger partial charge in [0.05, 0.1) is 23.8 Å². The van der Waals surface area contributed by atoms with Gasteiger partial charge in [-0.1, -0.05) is 63.1 Å². The van der Waals surface area contributed by atoms with Gasteiger partial charge >= 0.3 is 0 Å². The molecule has 6 nitrogen and oxygen atoms in total. The van der Waals surface area contributed by atoms with Crippen LogP contribution >= 0.6 is 0 Å². The van der Waals surface area contributed by atoms with Crippen LogP contribution in [0.1, 0.15) is 66.6 Å². The van der Waals surface area contributed by atoms with Crippen molar-refractivity contribution in [2.24, 2.45) is 0 Å². The van der Waals surface area contributed by atoms with E-state index in [4.69, 9.17) is 4.42 Å². The lowest BCUT2D eigenvalue weighted by Gasteiger charge is -2.28. The molecule has 4 aromatic rings. The van der Waals surface area contributed by atoms with E-state index in [-0.39, 0.29) is 42.7 Å². The van der Waals surface area contributed by atoms with E-state index in [1.165, 1.54) is 35.3 Å². The number of unbranched alkanes of at least 4 members (excludes halogenated alkanes) is 2. The highest BCUT2D eigenvalue weighted by Crippen LogP contribution is 2.16. The summed E-state index contributed by atoms with van der Waals surface area (Å²) >= 11 is 0. The average molecular weight is 557 g/mol. The maximum absolute atomic E-state index is 13.7. The first kappa shape index (κ1) is 29.7. The molecule has 41 heavy (non-hydrogen) atoms. The monoisotopic (exact) mass is 556 g/mol. The fourth-order valence-corrected chi connectivity index (χ4v) is 4.84. The molecule has 4 rings (SSSR count). The molecule has 0 spiro atoms. The number of carbonyl (C=O) groups excluding carboxylic acids is 2. The van der Waals surface area contributed by atoms with Crippen molar-refractivity contribution in [3.63, 3.8) is 0 Å². The first-order valence-corrected chi connectivity index (χ1v) is 14.3. The maximum atomic E-state index is 13.7. The predicted molar refractivity (Wildman–Crippen MR) is 159 cm³/mol. The Morgan fingerprint density at radius 3 is 2.22 bits per heavy atom. The molecule has 214 valence electrons. The molecule has 0 fully saturated rings. The molecule has 0 N–H and O–H groups in total. The third-order valence-corrected chi connectivity index (χ3v) is 7.13. The van der Waals surface area contributed by atoms with E-state index in [0.717, 1.165) is 19.3 Å². The van der Waals surface area contributed by atoms with Crippen molar-refractivity contribution >= 4 is 22.8 Å². The largest absolute Gasteiger partial charge is 0.464 e. The number of carbonyl (C=O) groups is 2. The smallest absolute Gasteiger partial charge is 0.254 e. The molecule has 0 radical (unpaired) electrons. The highest BCUT2D eigenvalue weighted by molar-refractivity contribution is 5.96. The van der Waals surface area contributed by atoms with Gasteiger partial charge in [0, 0.05) is 18.7 Å². The molecule has 0 bridgehead atoms. The van der Waals surface area contributed by atoms with Crippen molar-refractivity contribution < 1.29 is 18.4 Å². The zero-order chi connectivity index (χ0) is 29.2. The van der Waals surface area contributed by atoms with Crippen molar-refractivity contribution in [2.75, 3.05) is 13.1 Å². The van der Waals surface area contributed by atoms with Gasteiger partial charge in [0.25, 0.3) is 5.91 Å². The Labute approximate surface area is 240 Å². The van der Waals surface area contributed by atoms with E-state index in [1.807, 2.05) is 31.2 Å². The zero-order valence-electron chi connectivity index (χ0n) is 23.8. The Balaban J connectivity index is 1.56. The summed E-state index contributed by atoms with van der Waals surface area (Å²) in [5.41, 5.74) is 3.00. The van der Waals surface area contributed by atoms with Gasteiger partial charge in [0.2, 0.25) is 5.91 Å². The average Bonchev–Trinajstić information content (AvgIpc) is 2.99. The van der Waals surface area contributed by atoms with Crippen LogP contribution in [0, 0.1) is 5.82 Å². The molecule has 0 aliphatic heterocycles. The van der Waals surface area contributed by atoms with Crippen molar-refractivity contribution in [1.82, 2.24) is 9.80 Å². The molecule has 0 atom stereocenters. The third-order valence-electron chi connectivity index (χ3n) is 7.13. The molecule has 0 saturated carbocycles. The summed E-state index contributed by atoms with van der Waals surface area (Å²) in [7, 11) is 0. The summed E-state index contributed by atoms with van der Waals surface area (Å²) in [6.07, 6.45) is 6.47. The minimum atomic E-state index is -0.377. The Bertz CT molecular complexity index is 1510. The lowest BCUT2D eigenvalue weighted by atomic mass is 10.0. The zero-order valence-corrected chi connectivity index (χ0v) is 23.8. The van der Waals surface area contributed by atoms with E-state index in [2.05, 4.69) is 6.92 Å². The van der Waals surface area contributed by atoms with Crippen LogP contribution in [-0.4, -0.2) is 34.7 Å². The van der Waals surface area contributed by atoms with Crippen LogP contribution in [0.4, 0.5) is 4.39 Å². The number of rotatable bonds is 13. The number of aryl methyl sites for hydroxylation is 1. The highest BCUT2D eigenvalue weighted by Gasteiger charge is 2.23. The van der Waals surface area contributed by atoms with Gasteiger partial charge in [-0.2, -0.15) is 0 Å². The Morgan fingerprint density at radius 2 is 1.51 bits per heavy atom. The van der Waals surface area contributed by atoms with Crippen LogP contribution in [0.2, 0.25) is 0 Å². The van der Waals surface area contributed by atoms with E-state index in [1.54, 1.807) is 41.3 Å². The molecule has 7 heteroatoms. The molecule has 1 heterocycles. The van der Waals surface area contributed by atoms with Crippen molar-refractivity contribution in [3.8, 4) is 0 Å². The number of fused-ring (bicyclic) bond motifs is 1. The highest BCUT2D eigenvalue weighted by atomic mass is 19.1. The standard InChI is InChI=1S/C34H37FN2O4/c1-3-5-6-9-25-12-16-27(17-13-25)34(40)36(20-4-2)23-32(38)37(21-26-14-18-29(35)19-15-26)22-28-24-41-31-11-8-7-10-30(31)33(28)39/h7-8,10-19,24H,3-6,9,20-23H2,1-2H3. The lowest BCUT2D eigenvalue weighted by molar-refractivity contribution is -0.133. The summed E-state index contributed by atoms with van der Waals surface area (Å²) in [6, 6.07) is 20.4. The van der Waals surface area contributed by atoms with Gasteiger partial charge in [0.15, 0.2) is 5.43 Å². The summed E-state index contributed by atoms with van der Waals surface area (Å²) in [6.45, 7) is 4.52. The van der Waals surface area contributed by atoms with Crippen molar-refractivity contribution in [2.45, 2.75) is 59.0 Å². The fourth-order valence-electron chi connectivity index (χ4n) is 4.84. The number of amides is 2. The molecule has 0 saturated heterocycles. The molecule has 0 aliphatic carbocycles. The topological polar surface area (TPSA) is 70.8 Å². The molecule has 2 amide bonds. The van der Waals surface area contributed by atoms with Crippen LogP contribution in [0.25, 0.3) is 11.0 Å². The number of halogens is 1. The first-order valence-electron chi connectivity index (χ1n) is 14.3. The summed E-state index contributed by atoms with van der Waals surface area (Å²) in [5.74, 6) is -0.912. The number of hydrogen-bond acceptors (Lipinski definition) is 4. The van der Waals surface area contributed by atoms with E-state index < -0.39 is 0 Å². The van der Waals surface area contributed by atoms with E-state index >= 15 is 0 Å². The summed E-state index contributed by atoms with van der Waals surface area (Å²) in [5, 5.41) is 0.431. The molecular weight excluding hydrogens is 519 g/mol. The Kier molecular flexibility index (Phi) is 10.4. The lowest BCUT2D eigenvalue weighted by Crippen LogP contribution is -2.43. The second-order valence-electron chi connectivity index (χ2n) is 10.3. The van der Waals surface area contributed by atoms with Gasteiger partial charge in [-0.05, 0) is 66.8 Å². The van der Waals surface area contributed by atoms with E-state index in [0.29, 0.717) is 40.6 Å². The van der Waals surface area contributed by atoms with Gasteiger partial charge in [-0.3, -0.25) is 14.4 Å². The number of benzene rings is 3. The molecule has 0 aliphatic rings. The molecular formula is C34H37FN2O4. The number of hydrogen-bond donors (Lipinski definition) is 0. The SMILES string of the molecule is CCCCCc1ccc(C(=O)N(CCC)CC(=O)N(Cc2ccc(F)cc2)Cc2coc3ccccc3c2=O)cc1. The minimum absolute atomic E-state index is 0.00993. The Morgan fingerprint density at radius 1 is 0.805 bits per heavy atom. The minimum Gasteiger partial charge on any atom is -0.464 e. The van der Waals surface area contributed by atoms with Crippen LogP contribution in [0.15, 0.2) is 88.3 Å².